The second-order valence-corrected chi connectivity index (χ2v) is 15.5. The van der Waals surface area contributed by atoms with Gasteiger partial charge in [-0.2, -0.15) is 0 Å². The van der Waals surface area contributed by atoms with Gasteiger partial charge in [0.1, 0.15) is 23.9 Å². The zero-order valence-electron chi connectivity index (χ0n) is 32.0. The molecule has 3 aromatic heterocycles. The fourth-order valence-corrected chi connectivity index (χ4v) is 8.78. The van der Waals surface area contributed by atoms with Crippen LogP contribution >= 0.6 is 0 Å². The quantitative estimate of drug-likeness (QED) is 0.233. The summed E-state index contributed by atoms with van der Waals surface area (Å²) >= 11 is 0. The van der Waals surface area contributed by atoms with Gasteiger partial charge >= 0.3 is 6.03 Å². The van der Waals surface area contributed by atoms with Crippen molar-refractivity contribution in [3.05, 3.63) is 82.7 Å². The first kappa shape index (κ1) is 36.7. The Morgan fingerprint density at radius 1 is 0.982 bits per heavy atom. The number of ether oxygens (including phenoxy) is 1. The summed E-state index contributed by atoms with van der Waals surface area (Å²) in [5, 5.41) is 8.91. The summed E-state index contributed by atoms with van der Waals surface area (Å²) in [6, 6.07) is 8.72. The van der Waals surface area contributed by atoms with Crippen molar-refractivity contribution in [2.75, 3.05) is 72.9 Å². The Kier molecular flexibility index (Phi) is 10.0. The maximum atomic E-state index is 15.4. The molecule has 1 aliphatic carbocycles. The number of hydrogen-bond acceptors (Lipinski definition) is 12. The lowest BCUT2D eigenvalue weighted by molar-refractivity contribution is -0.132. The third kappa shape index (κ3) is 7.65. The van der Waals surface area contributed by atoms with Gasteiger partial charge < -0.3 is 25.2 Å². The van der Waals surface area contributed by atoms with Gasteiger partial charge in [0.05, 0.1) is 30.5 Å². The maximum Gasteiger partial charge on any atom is 0.329 e. The highest BCUT2D eigenvalue weighted by Crippen LogP contribution is 2.38. The molecule has 4 aromatic rings. The predicted octanol–water partition coefficient (Wildman–Crippen LogP) is 4.29. The summed E-state index contributed by atoms with van der Waals surface area (Å²) in [6.07, 6.45) is 9.74. The van der Waals surface area contributed by atoms with Crippen molar-refractivity contribution in [1.82, 2.24) is 35.1 Å². The topological polar surface area (TPSA) is 161 Å². The van der Waals surface area contributed by atoms with Gasteiger partial charge in [-0.15, -0.1) is 0 Å². The maximum absolute atomic E-state index is 15.4. The predicted molar refractivity (Wildman–Crippen MR) is 211 cm³/mol. The minimum Gasteiger partial charge on any atom is -0.474 e. The summed E-state index contributed by atoms with van der Waals surface area (Å²) in [6.45, 7) is 7.95. The van der Waals surface area contributed by atoms with Crippen LogP contribution in [0.3, 0.4) is 0 Å². The van der Waals surface area contributed by atoms with Crippen molar-refractivity contribution in [2.45, 2.75) is 64.0 Å². The number of anilines is 5. The molecule has 3 fully saturated rings. The van der Waals surface area contributed by atoms with Crippen molar-refractivity contribution < 1.29 is 23.5 Å². The van der Waals surface area contributed by atoms with Crippen LogP contribution in [0.5, 0.6) is 5.88 Å². The molecule has 7 heterocycles. The molecule has 1 saturated carbocycles. The Morgan fingerprint density at radius 3 is 2.67 bits per heavy atom. The number of piperazine rings is 1. The number of aromatic nitrogens is 4. The van der Waals surface area contributed by atoms with Crippen LogP contribution in [0, 0.1) is 12.7 Å². The molecule has 2 saturated heterocycles. The molecule has 296 valence electrons. The van der Waals surface area contributed by atoms with E-state index in [1.54, 1.807) is 12.1 Å². The summed E-state index contributed by atoms with van der Waals surface area (Å²) < 4.78 is 21.1. The van der Waals surface area contributed by atoms with Crippen LogP contribution < -0.4 is 30.5 Å². The van der Waals surface area contributed by atoms with Crippen LogP contribution in [0.1, 0.15) is 59.5 Å². The molecule has 2 atom stereocenters. The highest BCUT2D eigenvalue weighted by molar-refractivity contribution is 6.05. The van der Waals surface area contributed by atoms with Crippen molar-refractivity contribution in [2.24, 2.45) is 0 Å². The molecule has 0 bridgehead atoms. The molecule has 16 heteroatoms. The van der Waals surface area contributed by atoms with E-state index in [2.05, 4.69) is 47.6 Å². The number of hydrogen-bond donors (Lipinski definition) is 3. The Balaban J connectivity index is 0.756. The molecule has 1 aromatic carbocycles. The smallest absolute Gasteiger partial charge is 0.329 e. The van der Waals surface area contributed by atoms with Crippen LogP contribution in [0.15, 0.2) is 48.9 Å². The SMILES string of the molecule is Cc1c(N2CCc3cnc(Nc4ccc(CC(=O)N5CCN(C6CCC(c7ccc(N8CCC(=O)NC8=O)nc7)C6)CC5)c(F)c4)nc3C2)cnc2c1NCCO2. The number of imide groups is 1. The first-order valence-electron chi connectivity index (χ1n) is 19.9. The fourth-order valence-electron chi connectivity index (χ4n) is 8.78. The van der Waals surface area contributed by atoms with Gasteiger partial charge in [0.2, 0.25) is 23.6 Å². The Bertz CT molecular complexity index is 2200. The van der Waals surface area contributed by atoms with Gasteiger partial charge in [0.15, 0.2) is 0 Å². The molecule has 3 N–H and O–H groups in total. The number of nitrogens with one attached hydrogen (secondary N) is 3. The summed E-state index contributed by atoms with van der Waals surface area (Å²) in [4.78, 5) is 63.5. The van der Waals surface area contributed by atoms with Crippen LogP contribution in [-0.4, -0.2) is 106 Å². The number of halogens is 1. The second-order valence-electron chi connectivity index (χ2n) is 15.5. The van der Waals surface area contributed by atoms with E-state index in [9.17, 15) is 14.4 Å². The van der Waals surface area contributed by atoms with Crippen LogP contribution in [-0.2, 0) is 29.0 Å². The van der Waals surface area contributed by atoms with E-state index in [0.29, 0.717) is 73.6 Å². The van der Waals surface area contributed by atoms with E-state index in [0.717, 1.165) is 85.6 Å². The number of rotatable bonds is 8. The minimum atomic E-state index is -0.446. The van der Waals surface area contributed by atoms with Crippen molar-refractivity contribution in [1.29, 1.82) is 0 Å². The number of benzene rings is 1. The third-order valence-corrected chi connectivity index (χ3v) is 12.0. The van der Waals surface area contributed by atoms with E-state index in [4.69, 9.17) is 9.72 Å². The molecule has 57 heavy (non-hydrogen) atoms. The number of fused-ring (bicyclic) bond motifs is 2. The standard InChI is InChI=1S/C41H46FN11O4/c1-25-34(23-45-39-38(25)43-10-17-57-39)52-11-8-29-22-46-40(48-33(29)24-52)47-30-5-2-27(32(42)20-30)19-37(55)51-15-13-50(14-16-51)31-6-3-26(18-31)28-4-7-35(44-21-28)53-12-9-36(54)49-41(53)56/h2,4-5,7,20-23,26,31,43H,3,6,8-19,24H2,1H3,(H,46,47,48)(H,49,54,56). The average Bonchev–Trinajstić information content (AvgIpc) is 3.73. The van der Waals surface area contributed by atoms with E-state index in [1.165, 1.54) is 11.0 Å². The van der Waals surface area contributed by atoms with E-state index < -0.39 is 11.8 Å². The third-order valence-electron chi connectivity index (χ3n) is 12.0. The molecule has 0 radical (unpaired) electrons. The first-order valence-corrected chi connectivity index (χ1v) is 19.9. The van der Waals surface area contributed by atoms with Crippen LogP contribution in [0.25, 0.3) is 0 Å². The Labute approximate surface area is 330 Å². The number of carbonyl (C=O) groups excluding carboxylic acids is 3. The highest BCUT2D eigenvalue weighted by atomic mass is 19.1. The van der Waals surface area contributed by atoms with Crippen molar-refractivity contribution in [3.8, 4) is 5.88 Å². The van der Waals surface area contributed by atoms with Crippen molar-refractivity contribution >= 4 is 46.7 Å². The first-order chi connectivity index (χ1) is 27.8. The van der Waals surface area contributed by atoms with E-state index in [1.807, 2.05) is 35.6 Å². The number of amides is 4. The summed E-state index contributed by atoms with van der Waals surface area (Å²) in [5.41, 5.74) is 7.08. The molecule has 2 unspecified atom stereocenters. The number of pyridine rings is 2. The minimum absolute atomic E-state index is 0.000199. The molecule has 4 aliphatic heterocycles. The molecular weight excluding hydrogens is 730 g/mol. The molecule has 5 aliphatic rings. The zero-order valence-corrected chi connectivity index (χ0v) is 32.0. The normalized spacial score (nSPS) is 21.0. The number of carbonyl (C=O) groups is 3. The van der Waals surface area contributed by atoms with Gasteiger partial charge in [-0.25, -0.2) is 29.1 Å². The summed E-state index contributed by atoms with van der Waals surface area (Å²) in [5.74, 6) is 1.15. The lowest BCUT2D eigenvalue weighted by Gasteiger charge is -2.38. The molecule has 9 rings (SSSR count). The summed E-state index contributed by atoms with van der Waals surface area (Å²) in [7, 11) is 0. The highest BCUT2D eigenvalue weighted by Gasteiger charge is 2.34. The largest absolute Gasteiger partial charge is 0.474 e. The molecule has 15 nitrogen and oxygen atoms in total. The van der Waals surface area contributed by atoms with Gasteiger partial charge in [0, 0.05) is 81.9 Å². The molecular formula is C41H46FN11O4. The van der Waals surface area contributed by atoms with Gasteiger partial charge in [-0.05, 0) is 73.4 Å². The lowest BCUT2D eigenvalue weighted by atomic mass is 9.99. The van der Waals surface area contributed by atoms with Crippen molar-refractivity contribution in [3.63, 3.8) is 0 Å². The second kappa shape index (κ2) is 15.6. The average molecular weight is 776 g/mol. The van der Waals surface area contributed by atoms with E-state index in [-0.39, 0.29) is 24.7 Å². The molecule has 4 amide bonds. The van der Waals surface area contributed by atoms with Crippen LogP contribution in [0.4, 0.5) is 38.0 Å². The fraction of sp³-hybridized carbons (Fsp3) is 0.439. The Morgan fingerprint density at radius 2 is 1.86 bits per heavy atom. The van der Waals surface area contributed by atoms with Crippen LogP contribution in [0.2, 0.25) is 0 Å². The van der Waals surface area contributed by atoms with Gasteiger partial charge in [0.25, 0.3) is 0 Å². The Hall–Kier alpha value is -5.90. The van der Waals surface area contributed by atoms with E-state index >= 15 is 4.39 Å². The lowest BCUT2D eigenvalue weighted by Crippen LogP contribution is -2.51. The zero-order chi connectivity index (χ0) is 39.0. The monoisotopic (exact) mass is 775 g/mol. The number of urea groups is 1. The number of nitrogens with zero attached hydrogens (tertiary/aromatic N) is 8. The molecule has 0 spiro atoms. The van der Waals surface area contributed by atoms with Gasteiger partial charge in [-0.3, -0.25) is 24.7 Å². The van der Waals surface area contributed by atoms with Gasteiger partial charge in [-0.1, -0.05) is 12.1 Å².